The van der Waals surface area contributed by atoms with Crippen molar-refractivity contribution in [3.8, 4) is 36.4 Å². The van der Waals surface area contributed by atoms with Gasteiger partial charge in [-0.25, -0.2) is 56.2 Å². The van der Waals surface area contributed by atoms with Gasteiger partial charge in [-0.15, -0.1) is 0 Å². The molecule has 48 heavy (non-hydrogen) atoms. The Balaban J connectivity index is 1.94. The molecule has 222 valence electrons. The molecule has 0 radical (unpaired) electrons. The molecule has 7 rings (SSSR count). The first-order chi connectivity index (χ1) is 23.1. The van der Waals surface area contributed by atoms with Crippen molar-refractivity contribution < 1.29 is 26.3 Å². The molecule has 0 unspecified atom stereocenters. The molecule has 0 saturated carbocycles. The lowest BCUT2D eigenvalue weighted by Crippen LogP contribution is -2.07. The van der Waals surface area contributed by atoms with Crippen LogP contribution in [-0.4, -0.2) is 29.9 Å². The van der Waals surface area contributed by atoms with Crippen LogP contribution in [0.25, 0.3) is 65.4 Å². The van der Waals surface area contributed by atoms with Gasteiger partial charge < -0.3 is 0 Å². The molecule has 4 aromatic carbocycles. The van der Waals surface area contributed by atoms with E-state index >= 15 is 26.3 Å². The number of hydrogen-bond acceptors (Lipinski definition) is 12. The smallest absolute Gasteiger partial charge is 0.177 e. The van der Waals surface area contributed by atoms with Gasteiger partial charge in [0.05, 0.1) is 0 Å². The summed E-state index contributed by atoms with van der Waals surface area (Å²) in [6.07, 6.45) is 0. The number of hydrogen-bond donors (Lipinski definition) is 0. The molecule has 7 aromatic rings. The zero-order chi connectivity index (χ0) is 34.3. The summed E-state index contributed by atoms with van der Waals surface area (Å²) in [5.41, 5.74) is -11.3. The number of nitrogens with zero attached hydrogens (tertiary/aromatic N) is 12. The van der Waals surface area contributed by atoms with Gasteiger partial charge in [0.2, 0.25) is 0 Å². The first kappa shape index (κ1) is 28.9. The molecule has 0 fully saturated rings. The van der Waals surface area contributed by atoms with Crippen LogP contribution in [0, 0.1) is 103 Å². The highest BCUT2D eigenvalue weighted by molar-refractivity contribution is 6.31. The van der Waals surface area contributed by atoms with Crippen LogP contribution in [-0.2, 0) is 0 Å². The second-order valence-corrected chi connectivity index (χ2v) is 9.66. The Labute approximate surface area is 258 Å². The molecule has 0 bridgehead atoms. The Morgan fingerprint density at radius 1 is 0.271 bits per heavy atom. The van der Waals surface area contributed by atoms with Crippen molar-refractivity contribution in [3.63, 3.8) is 0 Å². The van der Waals surface area contributed by atoms with Gasteiger partial charge in [0, 0.05) is 32.3 Å². The molecular formula is C30F6N12. The Bertz CT molecular complexity index is 2490. The Morgan fingerprint density at radius 2 is 0.396 bits per heavy atom. The van der Waals surface area contributed by atoms with E-state index in [0.29, 0.717) is 0 Å². The second kappa shape index (κ2) is 9.85. The molecule has 0 saturated heterocycles. The van der Waals surface area contributed by atoms with Crippen LogP contribution in [0.5, 0.6) is 0 Å². The minimum absolute atomic E-state index is 0.797. The normalized spacial score (nSPS) is 11.0. The van der Waals surface area contributed by atoms with Gasteiger partial charge >= 0.3 is 0 Å². The van der Waals surface area contributed by atoms with Crippen LogP contribution < -0.4 is 0 Å². The zero-order valence-electron chi connectivity index (χ0n) is 22.6. The predicted molar refractivity (Wildman–Crippen MR) is 146 cm³/mol. The van der Waals surface area contributed by atoms with Gasteiger partial charge in [-0.3, -0.25) is 0 Å². The number of aromatic nitrogens is 6. The van der Waals surface area contributed by atoms with E-state index in [0.717, 1.165) is 0 Å². The summed E-state index contributed by atoms with van der Waals surface area (Å²) in [5, 5.41) is 48.7. The van der Waals surface area contributed by atoms with Crippen LogP contribution in [0.4, 0.5) is 26.3 Å². The summed E-state index contributed by atoms with van der Waals surface area (Å²) in [4.78, 5) is 21.7. The van der Waals surface area contributed by atoms with E-state index in [4.69, 9.17) is 0 Å². The zero-order valence-corrected chi connectivity index (χ0v) is 22.6. The fourth-order valence-electron chi connectivity index (χ4n) is 5.47. The molecule has 0 atom stereocenters. The summed E-state index contributed by atoms with van der Waals surface area (Å²) in [7, 11) is 0. The van der Waals surface area contributed by atoms with E-state index in [-0.39, 0.29) is 0 Å². The number of halogens is 6. The molecule has 18 heteroatoms. The van der Waals surface area contributed by atoms with Gasteiger partial charge in [0.1, 0.15) is 69.5 Å². The van der Waals surface area contributed by atoms with Crippen LogP contribution in [0.1, 0.15) is 34.2 Å². The van der Waals surface area contributed by atoms with Crippen molar-refractivity contribution in [2.24, 2.45) is 0 Å². The highest BCUT2D eigenvalue weighted by atomic mass is 19.1. The largest absolute Gasteiger partial charge is 0.229 e. The third-order valence-corrected chi connectivity index (χ3v) is 7.39. The third-order valence-electron chi connectivity index (χ3n) is 7.39. The predicted octanol–water partition coefficient (Wildman–Crippen LogP) is 5.04. The van der Waals surface area contributed by atoms with Crippen LogP contribution in [0.3, 0.4) is 0 Å². The summed E-state index contributed by atoms with van der Waals surface area (Å²) in [6, 6.07) is 8.74. The lowest BCUT2D eigenvalue weighted by atomic mass is 9.90. The third kappa shape index (κ3) is 3.43. The molecule has 0 aliphatic rings. The van der Waals surface area contributed by atoms with Crippen molar-refractivity contribution >= 4 is 65.4 Å². The van der Waals surface area contributed by atoms with Crippen molar-refractivity contribution in [2.45, 2.75) is 0 Å². The SMILES string of the molecule is N#Cc1nc2c(F)c3c4c(F)c5nc(C#N)c(C#N)nc5c(F)c4c4c(F)c5nc(C#N)c(C#N)nc5c(F)c4c3c(F)c2nc1C#N. The van der Waals surface area contributed by atoms with E-state index in [9.17, 15) is 31.6 Å². The highest BCUT2D eigenvalue weighted by Crippen LogP contribution is 2.47. The lowest BCUT2D eigenvalue weighted by molar-refractivity contribution is 0.618. The van der Waals surface area contributed by atoms with Gasteiger partial charge in [-0.2, -0.15) is 31.6 Å². The van der Waals surface area contributed by atoms with E-state index in [1.807, 2.05) is 0 Å². The number of benzene rings is 4. The summed E-state index contributed by atoms with van der Waals surface area (Å²) < 4.78 is 99.5. The van der Waals surface area contributed by atoms with E-state index < -0.39 is 134 Å². The number of fused-ring (bicyclic) bond motifs is 9. The Hall–Kier alpha value is -7.80. The molecule has 3 aromatic heterocycles. The van der Waals surface area contributed by atoms with Gasteiger partial charge in [-0.1, -0.05) is 0 Å². The molecular weight excluding hydrogens is 642 g/mol. The Kier molecular flexibility index (Phi) is 5.94. The maximum atomic E-state index is 16.6. The van der Waals surface area contributed by atoms with Gasteiger partial charge in [0.15, 0.2) is 69.1 Å². The fraction of sp³-hybridized carbons (Fsp3) is 0. The van der Waals surface area contributed by atoms with Crippen LogP contribution in [0.2, 0.25) is 0 Å². The first-order valence-corrected chi connectivity index (χ1v) is 12.7. The molecule has 0 N–H and O–H groups in total. The maximum absolute atomic E-state index is 16.6. The van der Waals surface area contributed by atoms with Crippen LogP contribution >= 0.6 is 0 Å². The maximum Gasteiger partial charge on any atom is 0.177 e. The Morgan fingerprint density at radius 3 is 0.500 bits per heavy atom. The minimum Gasteiger partial charge on any atom is -0.229 e. The van der Waals surface area contributed by atoms with E-state index in [2.05, 4.69) is 29.9 Å². The topological polar surface area (TPSA) is 220 Å². The lowest BCUT2D eigenvalue weighted by Gasteiger charge is -2.17. The number of nitriles is 6. The summed E-state index contributed by atoms with van der Waals surface area (Å²) >= 11 is 0. The minimum atomic E-state index is -1.73. The molecule has 0 aliphatic carbocycles. The molecule has 0 amide bonds. The number of rotatable bonds is 0. The average molecular weight is 642 g/mol. The van der Waals surface area contributed by atoms with Crippen molar-refractivity contribution in [1.29, 1.82) is 31.6 Å². The van der Waals surface area contributed by atoms with Crippen molar-refractivity contribution in [3.05, 3.63) is 69.1 Å². The molecule has 0 aliphatic heterocycles. The standard InChI is InChI=1S/C30F6N12/c31-19-13-14(20(32)26-25(19)43-7(1-37)8(2-38)44-26)16-18(24(36)30-28(22(16)34)46-11(5-41)12(6-42)48-30)17-15(13)21(33)27-29(23(17)35)47-10(4-40)9(3-39)45-27. The fourth-order valence-corrected chi connectivity index (χ4v) is 5.47. The second-order valence-electron chi connectivity index (χ2n) is 9.66. The van der Waals surface area contributed by atoms with Crippen molar-refractivity contribution in [2.75, 3.05) is 0 Å². The summed E-state index contributed by atoms with van der Waals surface area (Å²) in [6.45, 7) is 0. The average Bonchev–Trinajstić information content (AvgIpc) is 3.11. The van der Waals surface area contributed by atoms with E-state index in [1.165, 1.54) is 36.4 Å². The molecule has 3 heterocycles. The van der Waals surface area contributed by atoms with E-state index in [1.54, 1.807) is 0 Å². The highest BCUT2D eigenvalue weighted by Gasteiger charge is 2.33. The monoisotopic (exact) mass is 642 g/mol. The van der Waals surface area contributed by atoms with Gasteiger partial charge in [0.25, 0.3) is 0 Å². The molecule has 0 spiro atoms. The first-order valence-electron chi connectivity index (χ1n) is 12.7. The van der Waals surface area contributed by atoms with Crippen molar-refractivity contribution in [1.82, 2.24) is 29.9 Å². The summed E-state index contributed by atoms with van der Waals surface area (Å²) in [5.74, 6) is -10.4. The van der Waals surface area contributed by atoms with Gasteiger partial charge in [-0.05, 0) is 0 Å². The van der Waals surface area contributed by atoms with Crippen LogP contribution in [0.15, 0.2) is 0 Å². The quantitative estimate of drug-likeness (QED) is 0.121. The molecule has 12 nitrogen and oxygen atoms in total.